The Balaban J connectivity index is 1.64. The summed E-state index contributed by atoms with van der Waals surface area (Å²) in [5, 5.41) is 18.2. The molecule has 0 atom stereocenters. The highest BCUT2D eigenvalue weighted by molar-refractivity contribution is 7.22. The number of urea groups is 1. The first-order valence-electron chi connectivity index (χ1n) is 7.34. The number of anilines is 1. The van der Waals surface area contributed by atoms with Crippen LogP contribution in [0.4, 0.5) is 15.6 Å². The van der Waals surface area contributed by atoms with Crippen LogP contribution in [0.5, 0.6) is 0 Å². The molecule has 0 radical (unpaired) electrons. The zero-order valence-corrected chi connectivity index (χ0v) is 15.0. The summed E-state index contributed by atoms with van der Waals surface area (Å²) in [4.78, 5) is 26.4. The molecule has 0 fully saturated rings. The Labute approximate surface area is 156 Å². The van der Waals surface area contributed by atoms with Gasteiger partial charge in [0, 0.05) is 17.2 Å². The smallest absolute Gasteiger partial charge is 0.282 e. The number of thiazole rings is 1. The first kappa shape index (κ1) is 17.8. The second-order valence-corrected chi connectivity index (χ2v) is 6.67. The fraction of sp³-hybridized carbons (Fsp3) is 0.0625. The Bertz CT molecular complexity index is 1020. The number of halogens is 1. The molecule has 8 nitrogen and oxygen atoms in total. The SMILES string of the molecule is C/C(=N\NC(=O)Nc1nc2ccc(Cl)cc2s1)c1ccc([N+](=O)[O-])cc1. The molecule has 0 aliphatic carbocycles. The molecule has 26 heavy (non-hydrogen) atoms. The number of amides is 2. The van der Waals surface area contributed by atoms with Gasteiger partial charge in [-0.2, -0.15) is 5.10 Å². The first-order valence-corrected chi connectivity index (χ1v) is 8.54. The molecule has 10 heteroatoms. The van der Waals surface area contributed by atoms with Crippen LogP contribution in [0, 0.1) is 10.1 Å². The van der Waals surface area contributed by atoms with Gasteiger partial charge in [0.2, 0.25) is 0 Å². The number of aromatic nitrogens is 1. The predicted octanol–water partition coefficient (Wildman–Crippen LogP) is 4.40. The summed E-state index contributed by atoms with van der Waals surface area (Å²) in [5.41, 5.74) is 4.26. The van der Waals surface area contributed by atoms with Crippen molar-refractivity contribution >= 4 is 55.7 Å². The van der Waals surface area contributed by atoms with Crippen molar-refractivity contribution in [2.45, 2.75) is 6.92 Å². The van der Waals surface area contributed by atoms with E-state index in [9.17, 15) is 14.9 Å². The minimum absolute atomic E-state index is 0.0109. The Morgan fingerprint density at radius 3 is 2.69 bits per heavy atom. The fourth-order valence-corrected chi connectivity index (χ4v) is 3.24. The van der Waals surface area contributed by atoms with Gasteiger partial charge in [-0.25, -0.2) is 15.2 Å². The van der Waals surface area contributed by atoms with Crippen LogP contribution in [0.2, 0.25) is 5.02 Å². The van der Waals surface area contributed by atoms with Crippen LogP contribution in [0.1, 0.15) is 12.5 Å². The molecule has 132 valence electrons. The normalized spacial score (nSPS) is 11.4. The summed E-state index contributed by atoms with van der Waals surface area (Å²) in [6.45, 7) is 1.68. The lowest BCUT2D eigenvalue weighted by atomic mass is 10.1. The van der Waals surface area contributed by atoms with Crippen LogP contribution < -0.4 is 10.7 Å². The summed E-state index contributed by atoms with van der Waals surface area (Å²) >= 11 is 7.22. The summed E-state index contributed by atoms with van der Waals surface area (Å²) in [6, 6.07) is 10.6. The Hall–Kier alpha value is -3.04. The van der Waals surface area contributed by atoms with Crippen LogP contribution in [0.15, 0.2) is 47.6 Å². The number of nitro groups is 1. The molecule has 0 saturated heterocycles. The van der Waals surface area contributed by atoms with E-state index in [0.717, 1.165) is 10.2 Å². The van der Waals surface area contributed by atoms with Crippen molar-refractivity contribution in [3.63, 3.8) is 0 Å². The molecule has 3 aromatic rings. The summed E-state index contributed by atoms with van der Waals surface area (Å²) in [5.74, 6) is 0. The zero-order chi connectivity index (χ0) is 18.7. The van der Waals surface area contributed by atoms with Gasteiger partial charge in [-0.1, -0.05) is 22.9 Å². The minimum atomic E-state index is -0.545. The number of nitrogens with zero attached hydrogens (tertiary/aromatic N) is 3. The molecule has 2 aromatic carbocycles. The monoisotopic (exact) mass is 389 g/mol. The van der Waals surface area contributed by atoms with E-state index in [1.54, 1.807) is 37.3 Å². The van der Waals surface area contributed by atoms with Gasteiger partial charge in [-0.05, 0) is 42.8 Å². The number of benzene rings is 2. The van der Waals surface area contributed by atoms with E-state index in [1.165, 1.54) is 23.5 Å². The average Bonchev–Trinajstić information content (AvgIpc) is 3.00. The molecule has 3 rings (SSSR count). The van der Waals surface area contributed by atoms with E-state index in [2.05, 4.69) is 20.8 Å². The summed E-state index contributed by atoms with van der Waals surface area (Å²) < 4.78 is 0.860. The van der Waals surface area contributed by atoms with E-state index < -0.39 is 11.0 Å². The highest BCUT2D eigenvalue weighted by atomic mass is 35.5. The second kappa shape index (κ2) is 7.46. The van der Waals surface area contributed by atoms with E-state index in [0.29, 0.717) is 21.4 Å². The van der Waals surface area contributed by atoms with Crippen LogP contribution in [0.3, 0.4) is 0 Å². The van der Waals surface area contributed by atoms with Crippen molar-refractivity contribution in [2.75, 3.05) is 5.32 Å². The molecule has 0 bridgehead atoms. The van der Waals surface area contributed by atoms with Crippen molar-refractivity contribution in [1.82, 2.24) is 10.4 Å². The number of nitrogens with one attached hydrogen (secondary N) is 2. The number of hydrogen-bond donors (Lipinski definition) is 2. The second-order valence-electron chi connectivity index (χ2n) is 5.20. The number of carbonyl (C=O) groups is 1. The molecular formula is C16H12ClN5O3S. The fourth-order valence-electron chi connectivity index (χ4n) is 2.10. The number of non-ortho nitro benzene ring substituents is 1. The Morgan fingerprint density at radius 2 is 2.00 bits per heavy atom. The van der Waals surface area contributed by atoms with Gasteiger partial charge >= 0.3 is 6.03 Å². The third kappa shape index (κ3) is 4.13. The molecule has 0 aliphatic rings. The molecule has 1 aromatic heterocycles. The summed E-state index contributed by atoms with van der Waals surface area (Å²) in [6.07, 6.45) is 0. The maximum absolute atomic E-state index is 12.0. The van der Waals surface area contributed by atoms with Gasteiger partial charge in [-0.15, -0.1) is 0 Å². The molecule has 0 spiro atoms. The topological polar surface area (TPSA) is 110 Å². The Kier molecular flexibility index (Phi) is 5.10. The molecule has 0 aliphatic heterocycles. The van der Waals surface area contributed by atoms with E-state index in [4.69, 9.17) is 11.6 Å². The van der Waals surface area contributed by atoms with E-state index >= 15 is 0 Å². The van der Waals surface area contributed by atoms with Gasteiger partial charge in [0.05, 0.1) is 20.9 Å². The molecule has 2 N–H and O–H groups in total. The van der Waals surface area contributed by atoms with Crippen molar-refractivity contribution in [3.8, 4) is 0 Å². The van der Waals surface area contributed by atoms with Crippen molar-refractivity contribution in [2.24, 2.45) is 5.10 Å². The average molecular weight is 390 g/mol. The van der Waals surface area contributed by atoms with E-state index in [1.807, 2.05) is 0 Å². The lowest BCUT2D eigenvalue weighted by molar-refractivity contribution is -0.384. The molecule has 1 heterocycles. The molecule has 0 unspecified atom stereocenters. The van der Waals surface area contributed by atoms with Crippen molar-refractivity contribution in [1.29, 1.82) is 0 Å². The van der Waals surface area contributed by atoms with Crippen LogP contribution in [-0.2, 0) is 0 Å². The zero-order valence-electron chi connectivity index (χ0n) is 13.4. The highest BCUT2D eigenvalue weighted by Gasteiger charge is 2.09. The predicted molar refractivity (Wildman–Crippen MR) is 102 cm³/mol. The van der Waals surface area contributed by atoms with Gasteiger partial charge < -0.3 is 0 Å². The standard InChI is InChI=1S/C16H12ClN5O3S/c1-9(10-2-5-12(6-3-10)22(24)25)20-21-15(23)19-16-18-13-7-4-11(17)8-14(13)26-16/h2-8H,1H3,(H2,18,19,21,23)/b20-9+. The van der Waals surface area contributed by atoms with Crippen LogP contribution >= 0.6 is 22.9 Å². The molecule has 2 amide bonds. The largest absolute Gasteiger partial charge is 0.341 e. The number of nitro benzene ring substituents is 1. The van der Waals surface area contributed by atoms with Crippen molar-refractivity contribution in [3.05, 3.63) is 63.2 Å². The third-order valence-electron chi connectivity index (χ3n) is 3.39. The lowest BCUT2D eigenvalue weighted by Crippen LogP contribution is -2.25. The number of carbonyl (C=O) groups excluding carboxylic acids is 1. The van der Waals surface area contributed by atoms with Crippen molar-refractivity contribution < 1.29 is 9.72 Å². The maximum atomic E-state index is 12.0. The van der Waals surface area contributed by atoms with Gasteiger partial charge in [0.25, 0.3) is 5.69 Å². The first-order chi connectivity index (χ1) is 12.4. The minimum Gasteiger partial charge on any atom is -0.282 e. The number of rotatable bonds is 4. The van der Waals surface area contributed by atoms with Gasteiger partial charge in [0.1, 0.15) is 0 Å². The maximum Gasteiger partial charge on any atom is 0.341 e. The Morgan fingerprint density at radius 1 is 1.27 bits per heavy atom. The van der Waals surface area contributed by atoms with E-state index in [-0.39, 0.29) is 5.69 Å². The van der Waals surface area contributed by atoms with Crippen LogP contribution in [0.25, 0.3) is 10.2 Å². The number of hydrogen-bond acceptors (Lipinski definition) is 6. The van der Waals surface area contributed by atoms with Gasteiger partial charge in [-0.3, -0.25) is 15.4 Å². The molecule has 0 saturated carbocycles. The van der Waals surface area contributed by atoms with Gasteiger partial charge in [0.15, 0.2) is 5.13 Å². The lowest BCUT2D eigenvalue weighted by Gasteiger charge is -2.03. The number of fused-ring (bicyclic) bond motifs is 1. The third-order valence-corrected chi connectivity index (χ3v) is 4.56. The highest BCUT2D eigenvalue weighted by Crippen LogP contribution is 2.28. The molecular weight excluding hydrogens is 378 g/mol. The number of hydrazone groups is 1. The summed E-state index contributed by atoms with van der Waals surface area (Å²) in [7, 11) is 0. The van der Waals surface area contributed by atoms with Crippen LogP contribution in [-0.4, -0.2) is 21.7 Å². The quantitative estimate of drug-likeness (QED) is 0.391.